The normalized spacial score (nSPS) is 11.3. The minimum atomic E-state index is 0.926. The van der Waals surface area contributed by atoms with Gasteiger partial charge in [-0.3, -0.25) is 9.97 Å². The van der Waals surface area contributed by atoms with Crippen molar-refractivity contribution < 1.29 is 0 Å². The Morgan fingerprint density at radius 2 is 0.814 bits per heavy atom. The second-order valence-electron chi connectivity index (χ2n) is 10.4. The Labute approximate surface area is 248 Å². The molecule has 5 aromatic heterocycles. The van der Waals surface area contributed by atoms with Gasteiger partial charge in [-0.2, -0.15) is 0 Å². The topological polar surface area (TPSA) is 56.5 Å². The Bertz CT molecular complexity index is 2080. The zero-order chi connectivity index (χ0) is 28.6. The molecule has 5 nitrogen and oxygen atoms in total. The lowest BCUT2D eigenvalue weighted by molar-refractivity contribution is 1.18. The molecule has 0 aliphatic carbocycles. The van der Waals surface area contributed by atoms with Crippen molar-refractivity contribution in [3.05, 3.63) is 152 Å². The van der Waals surface area contributed by atoms with Gasteiger partial charge in [0.05, 0.1) is 33.8 Å². The number of pyridine rings is 4. The lowest BCUT2D eigenvalue weighted by Gasteiger charge is -2.10. The maximum Gasteiger partial charge on any atom is 0.0710 e. The highest BCUT2D eigenvalue weighted by atomic mass is 15.0. The predicted molar refractivity (Wildman–Crippen MR) is 174 cm³/mol. The van der Waals surface area contributed by atoms with Gasteiger partial charge in [0.2, 0.25) is 0 Å². The Kier molecular flexibility index (Phi) is 6.05. The van der Waals surface area contributed by atoms with Crippen molar-refractivity contribution in [1.82, 2.24) is 24.5 Å². The molecule has 0 N–H and O–H groups in total. The zero-order valence-electron chi connectivity index (χ0n) is 23.2. The van der Waals surface area contributed by atoms with E-state index < -0.39 is 0 Å². The van der Waals surface area contributed by atoms with Crippen molar-refractivity contribution in [3.8, 4) is 50.7 Å². The van der Waals surface area contributed by atoms with Gasteiger partial charge in [0.15, 0.2) is 0 Å². The van der Waals surface area contributed by atoms with Crippen molar-refractivity contribution >= 4 is 21.8 Å². The van der Waals surface area contributed by atoms with Crippen LogP contribution in [0.2, 0.25) is 0 Å². The van der Waals surface area contributed by atoms with Crippen molar-refractivity contribution in [2.24, 2.45) is 0 Å². The molecule has 0 fully saturated rings. The van der Waals surface area contributed by atoms with Gasteiger partial charge in [0.1, 0.15) is 0 Å². The summed E-state index contributed by atoms with van der Waals surface area (Å²) in [6.07, 6.45) is 7.20. The summed E-state index contributed by atoms with van der Waals surface area (Å²) in [5.74, 6) is 0. The van der Waals surface area contributed by atoms with E-state index in [4.69, 9.17) is 9.97 Å². The van der Waals surface area contributed by atoms with Gasteiger partial charge in [-0.25, -0.2) is 9.97 Å². The molecule has 5 heterocycles. The third-order valence-corrected chi connectivity index (χ3v) is 7.82. The highest BCUT2D eigenvalue weighted by Gasteiger charge is 2.16. The molecule has 5 heteroatoms. The maximum absolute atomic E-state index is 5.01. The van der Waals surface area contributed by atoms with Crippen LogP contribution in [0.15, 0.2) is 152 Å². The van der Waals surface area contributed by atoms with Crippen LogP contribution in [0.25, 0.3) is 72.5 Å². The van der Waals surface area contributed by atoms with Crippen LogP contribution in [0.3, 0.4) is 0 Å². The monoisotopic (exact) mass is 551 g/mol. The average Bonchev–Trinajstić information content (AvgIpc) is 3.42. The van der Waals surface area contributed by atoms with Gasteiger partial charge in [0, 0.05) is 63.5 Å². The molecule has 0 aliphatic heterocycles. The number of aromatic nitrogens is 5. The number of nitrogens with zero attached hydrogens (tertiary/aromatic N) is 5. The number of hydrogen-bond donors (Lipinski definition) is 0. The molecular weight excluding hydrogens is 526 g/mol. The minimum absolute atomic E-state index is 0.926. The summed E-state index contributed by atoms with van der Waals surface area (Å²) in [5.41, 5.74) is 11.3. The zero-order valence-corrected chi connectivity index (χ0v) is 23.2. The van der Waals surface area contributed by atoms with Crippen LogP contribution >= 0.6 is 0 Å². The molecule has 0 atom stereocenters. The highest BCUT2D eigenvalue weighted by Crippen LogP contribution is 2.37. The smallest absolute Gasteiger partial charge is 0.0710 e. The molecule has 0 unspecified atom stereocenters. The van der Waals surface area contributed by atoms with Crippen LogP contribution < -0.4 is 0 Å². The highest BCUT2D eigenvalue weighted by molar-refractivity contribution is 6.11. The van der Waals surface area contributed by atoms with E-state index in [1.807, 2.05) is 36.4 Å². The first-order valence-corrected chi connectivity index (χ1v) is 14.2. The van der Waals surface area contributed by atoms with Gasteiger partial charge >= 0.3 is 0 Å². The molecule has 0 saturated heterocycles. The molecule has 0 aliphatic rings. The lowest BCUT2D eigenvalue weighted by Crippen LogP contribution is -1.94. The molecular formula is C38H25N5. The van der Waals surface area contributed by atoms with Crippen LogP contribution in [0.1, 0.15) is 0 Å². The third-order valence-electron chi connectivity index (χ3n) is 7.82. The van der Waals surface area contributed by atoms with E-state index in [0.29, 0.717) is 0 Å². The van der Waals surface area contributed by atoms with E-state index in [0.717, 1.165) is 61.8 Å². The molecule has 0 bridgehead atoms. The molecule has 8 rings (SSSR count). The van der Waals surface area contributed by atoms with Gasteiger partial charge in [-0.05, 0) is 72.8 Å². The SMILES string of the molecule is c1ccc(-n2c3cc(-c4cccc(-c5ccncc5)n4)ccc3c3ccc(-c4cccc(-c5ccncc5)n4)cc32)cc1. The van der Waals surface area contributed by atoms with Gasteiger partial charge in [-0.15, -0.1) is 0 Å². The van der Waals surface area contributed by atoms with Crippen molar-refractivity contribution in [3.63, 3.8) is 0 Å². The molecule has 8 aromatic rings. The molecule has 0 saturated carbocycles. The van der Waals surface area contributed by atoms with Crippen LogP contribution in [-0.4, -0.2) is 24.5 Å². The predicted octanol–water partition coefficient (Wildman–Crippen LogP) is 9.03. The number of benzene rings is 3. The van der Waals surface area contributed by atoms with Crippen molar-refractivity contribution in [2.75, 3.05) is 0 Å². The summed E-state index contributed by atoms with van der Waals surface area (Å²) in [5, 5.41) is 2.39. The number of para-hydroxylation sites is 1. The quantitative estimate of drug-likeness (QED) is 0.214. The fourth-order valence-corrected chi connectivity index (χ4v) is 5.75. The molecule has 0 spiro atoms. The first-order valence-electron chi connectivity index (χ1n) is 14.2. The van der Waals surface area contributed by atoms with E-state index in [-0.39, 0.29) is 0 Å². The van der Waals surface area contributed by atoms with Crippen LogP contribution in [0.4, 0.5) is 0 Å². The summed E-state index contributed by atoms with van der Waals surface area (Å²) >= 11 is 0. The number of hydrogen-bond acceptors (Lipinski definition) is 4. The third kappa shape index (κ3) is 4.53. The van der Waals surface area contributed by atoms with Crippen LogP contribution in [0.5, 0.6) is 0 Å². The second-order valence-corrected chi connectivity index (χ2v) is 10.4. The average molecular weight is 552 g/mol. The number of rotatable bonds is 5. The summed E-state index contributed by atoms with van der Waals surface area (Å²) in [7, 11) is 0. The molecule has 3 aromatic carbocycles. The summed E-state index contributed by atoms with van der Waals surface area (Å²) in [4.78, 5) is 18.3. The van der Waals surface area contributed by atoms with Crippen LogP contribution in [0, 0.1) is 0 Å². The van der Waals surface area contributed by atoms with E-state index in [9.17, 15) is 0 Å². The minimum Gasteiger partial charge on any atom is -0.309 e. The van der Waals surface area contributed by atoms with Gasteiger partial charge < -0.3 is 4.57 Å². The first-order chi connectivity index (χ1) is 21.3. The standard InChI is InChI=1S/C38H25N5/c1-2-6-30(7-3-1)43-37-24-28(35-10-4-8-33(41-35)26-16-20-39-21-17-26)12-14-31(37)32-15-13-29(25-38(32)43)36-11-5-9-34(42-36)27-18-22-40-23-19-27/h1-25H. The molecule has 202 valence electrons. The lowest BCUT2D eigenvalue weighted by atomic mass is 10.0. The Hall–Kier alpha value is -5.94. The van der Waals surface area contributed by atoms with Gasteiger partial charge in [-0.1, -0.05) is 54.6 Å². The summed E-state index contributed by atoms with van der Waals surface area (Å²) in [6, 6.07) is 44.1. The number of fused-ring (bicyclic) bond motifs is 3. The fraction of sp³-hybridized carbons (Fsp3) is 0. The van der Waals surface area contributed by atoms with Gasteiger partial charge in [0.25, 0.3) is 0 Å². The van der Waals surface area contributed by atoms with E-state index in [1.165, 1.54) is 10.8 Å². The maximum atomic E-state index is 5.01. The molecule has 0 radical (unpaired) electrons. The second kappa shape index (κ2) is 10.5. The molecule has 0 amide bonds. The largest absolute Gasteiger partial charge is 0.309 e. The Morgan fingerprint density at radius 3 is 1.28 bits per heavy atom. The van der Waals surface area contributed by atoms with E-state index in [2.05, 4.69) is 106 Å². The van der Waals surface area contributed by atoms with E-state index >= 15 is 0 Å². The summed E-state index contributed by atoms with van der Waals surface area (Å²) < 4.78 is 2.34. The summed E-state index contributed by atoms with van der Waals surface area (Å²) in [6.45, 7) is 0. The Balaban J connectivity index is 1.30. The molecule has 43 heavy (non-hydrogen) atoms. The van der Waals surface area contributed by atoms with Crippen LogP contribution in [-0.2, 0) is 0 Å². The van der Waals surface area contributed by atoms with E-state index in [1.54, 1.807) is 24.8 Å². The Morgan fingerprint density at radius 1 is 0.372 bits per heavy atom. The fourth-order valence-electron chi connectivity index (χ4n) is 5.75. The van der Waals surface area contributed by atoms with Crippen molar-refractivity contribution in [1.29, 1.82) is 0 Å². The first kappa shape index (κ1) is 24.8. The van der Waals surface area contributed by atoms with Crippen molar-refractivity contribution in [2.45, 2.75) is 0 Å².